The third kappa shape index (κ3) is 2.41. The Morgan fingerprint density at radius 3 is 2.95 bits per heavy atom. The maximum absolute atomic E-state index is 11.2. The van der Waals surface area contributed by atoms with E-state index >= 15 is 0 Å². The molecule has 1 aromatic heterocycles. The predicted molar refractivity (Wildman–Crippen MR) is 76.1 cm³/mol. The Hall–Kier alpha value is -2.23. The first-order valence-electron chi connectivity index (χ1n) is 6.88. The predicted octanol–water partition coefficient (Wildman–Crippen LogP) is 3.32. The van der Waals surface area contributed by atoms with Crippen molar-refractivity contribution >= 4 is 11.7 Å². The molecular weight excluding hydrogens is 254 g/mol. The average molecular weight is 271 g/mol. The van der Waals surface area contributed by atoms with Crippen LogP contribution in [0, 0.1) is 0 Å². The Morgan fingerprint density at radius 1 is 1.25 bits per heavy atom. The quantitative estimate of drug-likeness (QED) is 0.930. The summed E-state index contributed by atoms with van der Waals surface area (Å²) in [4.78, 5) is 13.4. The Labute approximate surface area is 117 Å². The average Bonchev–Trinajstić information content (AvgIpc) is 2.81. The van der Waals surface area contributed by atoms with Gasteiger partial charge < -0.3 is 14.4 Å². The van der Waals surface area contributed by atoms with Crippen LogP contribution >= 0.6 is 0 Å². The minimum Gasteiger partial charge on any atom is -0.478 e. The van der Waals surface area contributed by atoms with Crippen molar-refractivity contribution in [2.75, 3.05) is 11.4 Å². The van der Waals surface area contributed by atoms with E-state index in [9.17, 15) is 4.79 Å². The van der Waals surface area contributed by atoms with E-state index in [0.717, 1.165) is 25.8 Å². The van der Waals surface area contributed by atoms with Gasteiger partial charge in [0.25, 0.3) is 0 Å². The first-order chi connectivity index (χ1) is 9.75. The summed E-state index contributed by atoms with van der Waals surface area (Å²) in [6.45, 7) is 1.43. The molecular formula is C16H17NO3. The number of aromatic carboxylic acids is 1. The molecule has 4 heteroatoms. The van der Waals surface area contributed by atoms with Gasteiger partial charge in [-0.3, -0.25) is 0 Å². The van der Waals surface area contributed by atoms with Gasteiger partial charge in [0.05, 0.1) is 12.8 Å². The van der Waals surface area contributed by atoms with Crippen LogP contribution in [0.2, 0.25) is 0 Å². The molecule has 0 saturated carbocycles. The SMILES string of the molecule is O=C(O)c1ccoc1CN1CCCCc2ccccc21. The third-order valence-corrected chi connectivity index (χ3v) is 3.77. The van der Waals surface area contributed by atoms with Crippen molar-refractivity contribution in [3.63, 3.8) is 0 Å². The first-order valence-corrected chi connectivity index (χ1v) is 6.88. The van der Waals surface area contributed by atoms with Crippen molar-refractivity contribution < 1.29 is 14.3 Å². The van der Waals surface area contributed by atoms with E-state index in [-0.39, 0.29) is 5.56 Å². The first kappa shape index (κ1) is 12.8. The number of carboxylic acid groups (broad SMARTS) is 1. The molecule has 2 heterocycles. The number of nitrogens with zero attached hydrogens (tertiary/aromatic N) is 1. The molecule has 1 aromatic carbocycles. The zero-order valence-electron chi connectivity index (χ0n) is 11.2. The Bertz CT molecular complexity index is 618. The van der Waals surface area contributed by atoms with Crippen LogP contribution in [0.1, 0.15) is 34.5 Å². The van der Waals surface area contributed by atoms with E-state index in [4.69, 9.17) is 9.52 Å². The van der Waals surface area contributed by atoms with E-state index in [1.54, 1.807) is 0 Å². The summed E-state index contributed by atoms with van der Waals surface area (Å²) >= 11 is 0. The number of rotatable bonds is 3. The number of carboxylic acids is 1. The monoisotopic (exact) mass is 271 g/mol. The Kier molecular flexibility index (Phi) is 3.46. The zero-order valence-corrected chi connectivity index (χ0v) is 11.2. The number of hydrogen-bond donors (Lipinski definition) is 1. The highest BCUT2D eigenvalue weighted by Gasteiger charge is 2.20. The number of para-hydroxylation sites is 1. The van der Waals surface area contributed by atoms with Gasteiger partial charge in [0.2, 0.25) is 0 Å². The van der Waals surface area contributed by atoms with Gasteiger partial charge in [-0.15, -0.1) is 0 Å². The summed E-state index contributed by atoms with van der Waals surface area (Å²) < 4.78 is 5.36. The van der Waals surface area contributed by atoms with Crippen LogP contribution in [0.4, 0.5) is 5.69 Å². The van der Waals surface area contributed by atoms with Crippen LogP contribution in [0.15, 0.2) is 41.0 Å². The summed E-state index contributed by atoms with van der Waals surface area (Å²) in [7, 11) is 0. The summed E-state index contributed by atoms with van der Waals surface area (Å²) in [5.74, 6) is -0.411. The van der Waals surface area contributed by atoms with Crippen molar-refractivity contribution in [2.45, 2.75) is 25.8 Å². The topological polar surface area (TPSA) is 53.7 Å². The molecule has 1 aliphatic heterocycles. The molecule has 4 nitrogen and oxygen atoms in total. The van der Waals surface area contributed by atoms with Crippen LogP contribution in [0.5, 0.6) is 0 Å². The number of hydrogen-bond acceptors (Lipinski definition) is 3. The van der Waals surface area contributed by atoms with E-state index in [0.29, 0.717) is 12.3 Å². The van der Waals surface area contributed by atoms with E-state index in [1.807, 2.05) is 6.07 Å². The highest BCUT2D eigenvalue weighted by Crippen LogP contribution is 2.28. The summed E-state index contributed by atoms with van der Waals surface area (Å²) in [6.07, 6.45) is 4.80. The fraction of sp³-hybridized carbons (Fsp3) is 0.312. The lowest BCUT2D eigenvalue weighted by Gasteiger charge is -2.24. The van der Waals surface area contributed by atoms with Gasteiger partial charge in [-0.2, -0.15) is 0 Å². The standard InChI is InChI=1S/C16H17NO3/c18-16(19)13-8-10-20-15(13)11-17-9-4-3-6-12-5-1-2-7-14(12)17/h1-2,5,7-8,10H,3-4,6,9,11H2,(H,18,19). The van der Waals surface area contributed by atoms with Crippen LogP contribution < -0.4 is 4.90 Å². The summed E-state index contributed by atoms with van der Waals surface area (Å²) in [6, 6.07) is 9.84. The molecule has 20 heavy (non-hydrogen) atoms. The zero-order chi connectivity index (χ0) is 13.9. The van der Waals surface area contributed by atoms with Gasteiger partial charge in [0, 0.05) is 12.2 Å². The van der Waals surface area contributed by atoms with Crippen molar-refractivity contribution in [3.05, 3.63) is 53.5 Å². The van der Waals surface area contributed by atoms with Gasteiger partial charge in [-0.05, 0) is 37.0 Å². The molecule has 0 saturated heterocycles. The molecule has 2 aromatic rings. The second-order valence-corrected chi connectivity index (χ2v) is 5.07. The van der Waals surface area contributed by atoms with Crippen molar-refractivity contribution in [1.82, 2.24) is 0 Å². The van der Waals surface area contributed by atoms with Crippen LogP contribution in [-0.4, -0.2) is 17.6 Å². The fourth-order valence-electron chi connectivity index (χ4n) is 2.76. The normalized spacial score (nSPS) is 14.7. The van der Waals surface area contributed by atoms with Gasteiger partial charge in [0.15, 0.2) is 0 Å². The largest absolute Gasteiger partial charge is 0.478 e. The van der Waals surface area contributed by atoms with Gasteiger partial charge in [-0.1, -0.05) is 18.2 Å². The lowest BCUT2D eigenvalue weighted by Crippen LogP contribution is -2.24. The Balaban J connectivity index is 1.90. The number of aryl methyl sites for hydroxylation is 1. The number of anilines is 1. The second-order valence-electron chi connectivity index (χ2n) is 5.07. The number of fused-ring (bicyclic) bond motifs is 1. The fourth-order valence-corrected chi connectivity index (χ4v) is 2.76. The number of furan rings is 1. The minimum absolute atomic E-state index is 0.256. The molecule has 3 rings (SSSR count). The van der Waals surface area contributed by atoms with Crippen LogP contribution in [0.25, 0.3) is 0 Å². The lowest BCUT2D eigenvalue weighted by molar-refractivity contribution is 0.0694. The maximum atomic E-state index is 11.2. The molecule has 0 fully saturated rings. The van der Waals surface area contributed by atoms with Gasteiger partial charge in [-0.25, -0.2) is 4.79 Å². The van der Waals surface area contributed by atoms with Crippen molar-refractivity contribution in [3.8, 4) is 0 Å². The Morgan fingerprint density at radius 2 is 2.10 bits per heavy atom. The lowest BCUT2D eigenvalue weighted by atomic mass is 10.1. The molecule has 0 aliphatic carbocycles. The van der Waals surface area contributed by atoms with Crippen molar-refractivity contribution in [1.29, 1.82) is 0 Å². The molecule has 0 amide bonds. The molecule has 1 aliphatic rings. The molecule has 0 bridgehead atoms. The second kappa shape index (κ2) is 5.41. The van der Waals surface area contributed by atoms with Crippen LogP contribution in [0.3, 0.4) is 0 Å². The maximum Gasteiger partial charge on any atom is 0.339 e. The molecule has 0 radical (unpaired) electrons. The number of benzene rings is 1. The smallest absolute Gasteiger partial charge is 0.339 e. The molecule has 104 valence electrons. The molecule has 0 unspecified atom stereocenters. The summed E-state index contributed by atoms with van der Waals surface area (Å²) in [5, 5.41) is 9.16. The van der Waals surface area contributed by atoms with Crippen LogP contribution in [-0.2, 0) is 13.0 Å². The van der Waals surface area contributed by atoms with E-state index in [2.05, 4.69) is 23.1 Å². The summed E-state index contributed by atoms with van der Waals surface area (Å²) in [5.41, 5.74) is 2.78. The van der Waals surface area contributed by atoms with E-state index < -0.39 is 5.97 Å². The minimum atomic E-state index is -0.933. The molecule has 1 N–H and O–H groups in total. The molecule has 0 spiro atoms. The number of carbonyl (C=O) groups is 1. The van der Waals surface area contributed by atoms with E-state index in [1.165, 1.54) is 23.6 Å². The van der Waals surface area contributed by atoms with Gasteiger partial charge in [0.1, 0.15) is 11.3 Å². The third-order valence-electron chi connectivity index (χ3n) is 3.77. The highest BCUT2D eigenvalue weighted by molar-refractivity contribution is 5.88. The molecule has 0 atom stereocenters. The van der Waals surface area contributed by atoms with Gasteiger partial charge >= 0.3 is 5.97 Å². The van der Waals surface area contributed by atoms with Crippen molar-refractivity contribution in [2.24, 2.45) is 0 Å². The highest BCUT2D eigenvalue weighted by atomic mass is 16.4.